The van der Waals surface area contributed by atoms with E-state index in [0.717, 1.165) is 24.3 Å². The van der Waals surface area contributed by atoms with Crippen LogP contribution in [0.1, 0.15) is 32.1 Å². The summed E-state index contributed by atoms with van der Waals surface area (Å²) in [5, 5.41) is 3.67. The first-order chi connectivity index (χ1) is 11.6. The van der Waals surface area contributed by atoms with Gasteiger partial charge in [-0.25, -0.2) is 0 Å². The standard InChI is InChI=1S/C18H23ClN2O2S/c19-14-5-7-16(8-6-14)24-12-17(22)20-10-13-9-18(23)21(11-13)15-3-1-2-4-15/h5-8,13,15H,1-4,9-12H2,(H,20,22)/t13-/m1/s1. The molecule has 0 bridgehead atoms. The first-order valence-corrected chi connectivity index (χ1v) is 9.92. The third-order valence-electron chi connectivity index (χ3n) is 4.78. The number of thioether (sulfide) groups is 1. The third-order valence-corrected chi connectivity index (χ3v) is 6.04. The van der Waals surface area contributed by atoms with Gasteiger partial charge in [0.1, 0.15) is 0 Å². The summed E-state index contributed by atoms with van der Waals surface area (Å²) in [6, 6.07) is 7.91. The Morgan fingerprint density at radius 1 is 1.25 bits per heavy atom. The Hall–Kier alpha value is -1.20. The quantitative estimate of drug-likeness (QED) is 0.785. The maximum Gasteiger partial charge on any atom is 0.230 e. The van der Waals surface area contributed by atoms with Gasteiger partial charge in [0.05, 0.1) is 5.75 Å². The fourth-order valence-electron chi connectivity index (χ4n) is 3.50. The summed E-state index contributed by atoms with van der Waals surface area (Å²) in [7, 11) is 0. The number of halogens is 1. The molecule has 1 saturated carbocycles. The Morgan fingerprint density at radius 2 is 1.96 bits per heavy atom. The Balaban J connectivity index is 1.38. The SMILES string of the molecule is O=C(CSc1ccc(Cl)cc1)NC[C@H]1CC(=O)N(C2CCCC2)C1. The van der Waals surface area contributed by atoms with E-state index in [2.05, 4.69) is 5.32 Å². The summed E-state index contributed by atoms with van der Waals surface area (Å²) in [4.78, 5) is 27.2. The van der Waals surface area contributed by atoms with Crippen LogP contribution >= 0.6 is 23.4 Å². The van der Waals surface area contributed by atoms with Gasteiger partial charge in [0.2, 0.25) is 11.8 Å². The molecule has 1 heterocycles. The highest BCUT2D eigenvalue weighted by atomic mass is 35.5. The summed E-state index contributed by atoms with van der Waals surface area (Å²) in [5.41, 5.74) is 0. The van der Waals surface area contributed by atoms with Crippen molar-refractivity contribution in [1.82, 2.24) is 10.2 Å². The molecule has 2 amide bonds. The molecule has 24 heavy (non-hydrogen) atoms. The molecule has 0 spiro atoms. The topological polar surface area (TPSA) is 49.4 Å². The molecule has 1 N–H and O–H groups in total. The molecule has 0 unspecified atom stereocenters. The smallest absolute Gasteiger partial charge is 0.230 e. The van der Waals surface area contributed by atoms with Crippen LogP contribution in [0.3, 0.4) is 0 Å². The molecule has 1 aliphatic carbocycles. The van der Waals surface area contributed by atoms with Crippen molar-refractivity contribution in [2.24, 2.45) is 5.92 Å². The average molecular weight is 367 g/mol. The van der Waals surface area contributed by atoms with Gasteiger partial charge in [0.15, 0.2) is 0 Å². The van der Waals surface area contributed by atoms with Crippen LogP contribution in [0.4, 0.5) is 0 Å². The Bertz CT molecular complexity index is 587. The van der Waals surface area contributed by atoms with Crippen molar-refractivity contribution in [2.45, 2.75) is 43.0 Å². The van der Waals surface area contributed by atoms with Crippen LogP contribution < -0.4 is 5.32 Å². The van der Waals surface area contributed by atoms with Crippen LogP contribution in [0.25, 0.3) is 0 Å². The van der Waals surface area contributed by atoms with Crippen LogP contribution in [-0.2, 0) is 9.59 Å². The van der Waals surface area contributed by atoms with E-state index in [1.165, 1.54) is 24.6 Å². The number of nitrogens with zero attached hydrogens (tertiary/aromatic N) is 1. The zero-order valence-electron chi connectivity index (χ0n) is 13.7. The largest absolute Gasteiger partial charge is 0.355 e. The maximum atomic E-state index is 12.2. The molecule has 6 heteroatoms. The monoisotopic (exact) mass is 366 g/mol. The number of nitrogens with one attached hydrogen (secondary N) is 1. The summed E-state index contributed by atoms with van der Waals surface area (Å²) in [5.74, 6) is 0.912. The highest BCUT2D eigenvalue weighted by Crippen LogP contribution is 2.29. The van der Waals surface area contributed by atoms with Gasteiger partial charge in [-0.3, -0.25) is 9.59 Å². The minimum atomic E-state index is 0.0155. The van der Waals surface area contributed by atoms with Crippen molar-refractivity contribution in [2.75, 3.05) is 18.8 Å². The highest BCUT2D eigenvalue weighted by Gasteiger charge is 2.35. The van der Waals surface area contributed by atoms with Crippen molar-refractivity contribution in [1.29, 1.82) is 0 Å². The van der Waals surface area contributed by atoms with E-state index in [0.29, 0.717) is 29.8 Å². The lowest BCUT2D eigenvalue weighted by Gasteiger charge is -2.24. The van der Waals surface area contributed by atoms with Crippen LogP contribution in [0, 0.1) is 5.92 Å². The molecule has 0 radical (unpaired) electrons. The van der Waals surface area contributed by atoms with Crippen molar-refractivity contribution in [3.8, 4) is 0 Å². The van der Waals surface area contributed by atoms with E-state index in [4.69, 9.17) is 11.6 Å². The van der Waals surface area contributed by atoms with Crippen LogP contribution in [0.2, 0.25) is 5.02 Å². The fourth-order valence-corrected chi connectivity index (χ4v) is 4.36. The molecular formula is C18H23ClN2O2S. The normalized spacial score (nSPS) is 21.5. The minimum Gasteiger partial charge on any atom is -0.355 e. The number of hydrogen-bond acceptors (Lipinski definition) is 3. The van der Waals surface area contributed by atoms with Gasteiger partial charge < -0.3 is 10.2 Å². The lowest BCUT2D eigenvalue weighted by molar-refractivity contribution is -0.129. The van der Waals surface area contributed by atoms with E-state index in [1.54, 1.807) is 0 Å². The number of amides is 2. The second kappa shape index (κ2) is 8.26. The van der Waals surface area contributed by atoms with Crippen molar-refractivity contribution >= 4 is 35.2 Å². The molecule has 1 aromatic carbocycles. The highest BCUT2D eigenvalue weighted by molar-refractivity contribution is 8.00. The second-order valence-electron chi connectivity index (χ2n) is 6.60. The number of hydrogen-bond donors (Lipinski definition) is 1. The van der Waals surface area contributed by atoms with Gasteiger partial charge in [0.25, 0.3) is 0 Å². The van der Waals surface area contributed by atoms with Crippen molar-refractivity contribution in [3.05, 3.63) is 29.3 Å². The molecule has 1 saturated heterocycles. The first-order valence-electron chi connectivity index (χ1n) is 8.56. The van der Waals surface area contributed by atoms with E-state index < -0.39 is 0 Å². The maximum absolute atomic E-state index is 12.2. The first kappa shape index (κ1) is 17.6. The summed E-state index contributed by atoms with van der Waals surface area (Å²) < 4.78 is 0. The van der Waals surface area contributed by atoms with Crippen molar-refractivity contribution in [3.63, 3.8) is 0 Å². The lowest BCUT2D eigenvalue weighted by atomic mass is 10.1. The molecule has 1 aliphatic heterocycles. The Kier molecular flexibility index (Phi) is 6.06. The number of likely N-dealkylation sites (tertiary alicyclic amines) is 1. The fraction of sp³-hybridized carbons (Fsp3) is 0.556. The zero-order valence-corrected chi connectivity index (χ0v) is 15.2. The zero-order chi connectivity index (χ0) is 16.9. The minimum absolute atomic E-state index is 0.0155. The van der Waals surface area contributed by atoms with E-state index in [-0.39, 0.29) is 17.7 Å². The van der Waals surface area contributed by atoms with Gasteiger partial charge in [-0.2, -0.15) is 0 Å². The number of carbonyl (C=O) groups excluding carboxylic acids is 2. The molecular weight excluding hydrogens is 344 g/mol. The second-order valence-corrected chi connectivity index (χ2v) is 8.09. The Labute approximate surface area is 152 Å². The van der Waals surface area contributed by atoms with Gasteiger partial charge in [-0.05, 0) is 37.1 Å². The van der Waals surface area contributed by atoms with Crippen LogP contribution in [0.15, 0.2) is 29.2 Å². The molecule has 2 aliphatic rings. The summed E-state index contributed by atoms with van der Waals surface area (Å²) in [6.07, 6.45) is 5.32. The van der Waals surface area contributed by atoms with Crippen molar-refractivity contribution < 1.29 is 9.59 Å². The van der Waals surface area contributed by atoms with Gasteiger partial charge in [-0.1, -0.05) is 24.4 Å². The molecule has 130 valence electrons. The van der Waals surface area contributed by atoms with Crippen LogP contribution in [0.5, 0.6) is 0 Å². The van der Waals surface area contributed by atoms with Gasteiger partial charge in [0, 0.05) is 41.4 Å². The molecule has 3 rings (SSSR count). The van der Waals surface area contributed by atoms with E-state index in [9.17, 15) is 9.59 Å². The third kappa shape index (κ3) is 4.67. The van der Waals surface area contributed by atoms with E-state index in [1.807, 2.05) is 29.2 Å². The predicted molar refractivity (Wildman–Crippen MR) is 97.3 cm³/mol. The van der Waals surface area contributed by atoms with Gasteiger partial charge in [-0.15, -0.1) is 11.8 Å². The molecule has 2 fully saturated rings. The van der Waals surface area contributed by atoms with E-state index >= 15 is 0 Å². The number of rotatable bonds is 6. The molecule has 4 nitrogen and oxygen atoms in total. The number of carbonyl (C=O) groups is 2. The van der Waals surface area contributed by atoms with Crippen LogP contribution in [-0.4, -0.2) is 41.6 Å². The molecule has 1 aromatic rings. The summed E-state index contributed by atoms with van der Waals surface area (Å²) >= 11 is 7.34. The predicted octanol–water partition coefficient (Wildman–Crippen LogP) is 3.34. The lowest BCUT2D eigenvalue weighted by Crippen LogP contribution is -2.36. The Morgan fingerprint density at radius 3 is 2.67 bits per heavy atom. The summed E-state index contributed by atoms with van der Waals surface area (Å²) in [6.45, 7) is 1.39. The van der Waals surface area contributed by atoms with Gasteiger partial charge >= 0.3 is 0 Å². The number of benzene rings is 1. The average Bonchev–Trinajstić information content (AvgIpc) is 3.21. The molecule has 1 atom stereocenters. The molecule has 0 aromatic heterocycles.